The molecule has 0 spiro atoms. The maximum atomic E-state index is 12.4. The van der Waals surface area contributed by atoms with Crippen molar-refractivity contribution in [3.05, 3.63) is 35.4 Å². The second-order valence-corrected chi connectivity index (χ2v) is 4.43. The van der Waals surface area contributed by atoms with Crippen LogP contribution in [0.5, 0.6) is 0 Å². The molecule has 0 unspecified atom stereocenters. The highest BCUT2D eigenvalue weighted by Gasteiger charge is 2.22. The van der Waals surface area contributed by atoms with Gasteiger partial charge in [0.1, 0.15) is 0 Å². The first-order valence-electron chi connectivity index (χ1n) is 6.19. The minimum atomic E-state index is -0.0589. The molecule has 2 rings (SSSR count). The van der Waals surface area contributed by atoms with Crippen LogP contribution < -0.4 is 0 Å². The molecule has 0 N–H and O–H groups in total. The van der Waals surface area contributed by atoms with Crippen molar-refractivity contribution in [2.75, 3.05) is 26.2 Å². The molecule has 1 aromatic rings. The van der Waals surface area contributed by atoms with Crippen LogP contribution in [0.15, 0.2) is 24.3 Å². The summed E-state index contributed by atoms with van der Waals surface area (Å²) in [5, 5.41) is 8.78. The van der Waals surface area contributed by atoms with Crippen molar-refractivity contribution < 1.29 is 9.59 Å². The third-order valence-electron chi connectivity index (χ3n) is 3.27. The van der Waals surface area contributed by atoms with Gasteiger partial charge >= 0.3 is 0 Å². The molecule has 1 heterocycles. The molecular weight excluding hydrogens is 242 g/mol. The number of carbonyl (C=O) groups is 2. The summed E-state index contributed by atoms with van der Waals surface area (Å²) < 4.78 is 0. The molecule has 19 heavy (non-hydrogen) atoms. The zero-order valence-electron chi connectivity index (χ0n) is 10.6. The van der Waals surface area contributed by atoms with Crippen LogP contribution >= 0.6 is 0 Å². The van der Waals surface area contributed by atoms with Gasteiger partial charge in [-0.2, -0.15) is 5.26 Å². The Bertz CT molecular complexity index is 514. The van der Waals surface area contributed by atoms with E-state index in [1.807, 2.05) is 6.07 Å². The van der Waals surface area contributed by atoms with E-state index < -0.39 is 0 Å². The molecule has 0 saturated carbocycles. The predicted molar refractivity (Wildman–Crippen MR) is 69.3 cm³/mol. The zero-order valence-corrected chi connectivity index (χ0v) is 10.6. The summed E-state index contributed by atoms with van der Waals surface area (Å²) in [5.41, 5.74) is 1.34. The van der Waals surface area contributed by atoms with E-state index in [4.69, 9.17) is 5.26 Å². The van der Waals surface area contributed by atoms with Crippen molar-refractivity contribution in [2.45, 2.75) is 6.42 Å². The summed E-state index contributed by atoms with van der Waals surface area (Å²) in [5.74, 6) is -0.0589. The average molecular weight is 257 g/mol. The summed E-state index contributed by atoms with van der Waals surface area (Å²) in [6.07, 6.45) is 1.04. The molecule has 0 radical (unpaired) electrons. The molecule has 1 aliphatic rings. The Balaban J connectivity index is 2.12. The van der Waals surface area contributed by atoms with Crippen molar-refractivity contribution in [1.82, 2.24) is 9.80 Å². The average Bonchev–Trinajstić information content (AvgIpc) is 2.47. The summed E-state index contributed by atoms with van der Waals surface area (Å²) in [6, 6.07) is 9.26. The predicted octanol–water partition coefficient (Wildman–Crippen LogP) is 0.667. The van der Waals surface area contributed by atoms with E-state index in [0.29, 0.717) is 31.7 Å². The van der Waals surface area contributed by atoms with E-state index in [2.05, 4.69) is 6.07 Å². The van der Waals surface area contributed by atoms with Crippen LogP contribution in [0.2, 0.25) is 0 Å². The summed E-state index contributed by atoms with van der Waals surface area (Å²) in [6.45, 7) is 2.21. The first-order valence-corrected chi connectivity index (χ1v) is 6.19. The Morgan fingerprint density at radius 2 is 1.95 bits per heavy atom. The van der Waals surface area contributed by atoms with Gasteiger partial charge < -0.3 is 9.80 Å². The molecule has 1 aromatic carbocycles. The Morgan fingerprint density at radius 1 is 1.26 bits per heavy atom. The second kappa shape index (κ2) is 6.01. The van der Waals surface area contributed by atoms with E-state index in [1.54, 1.807) is 28.0 Å². The van der Waals surface area contributed by atoms with Crippen LogP contribution in [0.4, 0.5) is 0 Å². The van der Waals surface area contributed by atoms with Crippen LogP contribution in [0.1, 0.15) is 15.9 Å². The van der Waals surface area contributed by atoms with Gasteiger partial charge in [0.25, 0.3) is 5.91 Å². The normalized spacial score (nSPS) is 14.9. The van der Waals surface area contributed by atoms with Crippen molar-refractivity contribution in [3.63, 3.8) is 0 Å². The van der Waals surface area contributed by atoms with Gasteiger partial charge in [-0.05, 0) is 11.6 Å². The molecule has 5 heteroatoms. The highest BCUT2D eigenvalue weighted by Crippen LogP contribution is 2.13. The van der Waals surface area contributed by atoms with E-state index in [1.165, 1.54) is 0 Å². The number of nitrogens with zero attached hydrogens (tertiary/aromatic N) is 3. The van der Waals surface area contributed by atoms with Gasteiger partial charge in [-0.1, -0.05) is 18.2 Å². The first-order chi connectivity index (χ1) is 9.26. The monoisotopic (exact) mass is 257 g/mol. The maximum absolute atomic E-state index is 12.4. The van der Waals surface area contributed by atoms with Gasteiger partial charge in [0.2, 0.25) is 6.41 Å². The Labute approximate surface area is 112 Å². The molecular formula is C14H15N3O2. The summed E-state index contributed by atoms with van der Waals surface area (Å²) in [4.78, 5) is 26.4. The maximum Gasteiger partial charge on any atom is 0.254 e. The van der Waals surface area contributed by atoms with E-state index in [0.717, 1.165) is 12.0 Å². The Morgan fingerprint density at radius 3 is 2.58 bits per heavy atom. The highest BCUT2D eigenvalue weighted by molar-refractivity contribution is 5.95. The van der Waals surface area contributed by atoms with E-state index in [-0.39, 0.29) is 12.3 Å². The number of hydrogen-bond donors (Lipinski definition) is 0. The van der Waals surface area contributed by atoms with Crippen molar-refractivity contribution >= 4 is 12.3 Å². The minimum absolute atomic E-state index is 0.0589. The molecule has 0 aromatic heterocycles. The SMILES string of the molecule is N#CCc1ccccc1C(=O)N1CCN(C=O)CC1. The smallest absolute Gasteiger partial charge is 0.254 e. The number of hydrogen-bond acceptors (Lipinski definition) is 3. The molecule has 2 amide bonds. The fourth-order valence-corrected chi connectivity index (χ4v) is 2.17. The summed E-state index contributed by atoms with van der Waals surface area (Å²) in [7, 11) is 0. The number of amides is 2. The quantitative estimate of drug-likeness (QED) is 0.747. The van der Waals surface area contributed by atoms with Crippen molar-refractivity contribution in [3.8, 4) is 6.07 Å². The van der Waals surface area contributed by atoms with E-state index >= 15 is 0 Å². The molecule has 5 nitrogen and oxygen atoms in total. The third-order valence-corrected chi connectivity index (χ3v) is 3.27. The lowest BCUT2D eigenvalue weighted by Crippen LogP contribution is -2.48. The number of rotatable bonds is 3. The molecule has 98 valence electrons. The lowest BCUT2D eigenvalue weighted by Gasteiger charge is -2.32. The van der Waals surface area contributed by atoms with Gasteiger partial charge in [0, 0.05) is 31.7 Å². The van der Waals surface area contributed by atoms with Gasteiger partial charge in [-0.3, -0.25) is 9.59 Å². The van der Waals surface area contributed by atoms with Crippen LogP contribution in [0, 0.1) is 11.3 Å². The largest absolute Gasteiger partial charge is 0.342 e. The van der Waals surface area contributed by atoms with Gasteiger partial charge in [0.15, 0.2) is 0 Å². The topological polar surface area (TPSA) is 64.4 Å². The van der Waals surface area contributed by atoms with Crippen LogP contribution in [0.3, 0.4) is 0 Å². The lowest BCUT2D eigenvalue weighted by atomic mass is 10.0. The summed E-state index contributed by atoms with van der Waals surface area (Å²) >= 11 is 0. The Kier molecular flexibility index (Phi) is 4.14. The third kappa shape index (κ3) is 2.91. The van der Waals surface area contributed by atoms with Gasteiger partial charge in [-0.25, -0.2) is 0 Å². The van der Waals surface area contributed by atoms with Gasteiger partial charge in [-0.15, -0.1) is 0 Å². The molecule has 1 saturated heterocycles. The second-order valence-electron chi connectivity index (χ2n) is 4.43. The standard InChI is InChI=1S/C14H15N3O2/c15-6-5-12-3-1-2-4-13(12)14(19)17-9-7-16(11-18)8-10-17/h1-4,11H,5,7-10H2. The highest BCUT2D eigenvalue weighted by atomic mass is 16.2. The van der Waals surface area contributed by atoms with Crippen molar-refractivity contribution in [1.29, 1.82) is 5.26 Å². The minimum Gasteiger partial charge on any atom is -0.342 e. The number of benzene rings is 1. The molecule has 0 aliphatic carbocycles. The van der Waals surface area contributed by atoms with E-state index in [9.17, 15) is 9.59 Å². The van der Waals surface area contributed by atoms with Gasteiger partial charge in [0.05, 0.1) is 12.5 Å². The van der Waals surface area contributed by atoms with Crippen LogP contribution in [-0.4, -0.2) is 48.3 Å². The fraction of sp³-hybridized carbons (Fsp3) is 0.357. The van der Waals surface area contributed by atoms with Crippen LogP contribution in [0.25, 0.3) is 0 Å². The number of piperazine rings is 1. The Hall–Kier alpha value is -2.35. The lowest BCUT2D eigenvalue weighted by molar-refractivity contribution is -0.119. The number of carbonyl (C=O) groups excluding carboxylic acids is 2. The molecule has 0 bridgehead atoms. The van der Waals surface area contributed by atoms with Crippen molar-refractivity contribution in [2.24, 2.45) is 0 Å². The molecule has 1 fully saturated rings. The first kappa shape index (κ1) is 13.1. The molecule has 1 aliphatic heterocycles. The zero-order chi connectivity index (χ0) is 13.7. The number of nitriles is 1. The molecule has 0 atom stereocenters. The fourth-order valence-electron chi connectivity index (χ4n) is 2.17. The van der Waals surface area contributed by atoms with Crippen LogP contribution in [-0.2, 0) is 11.2 Å².